The van der Waals surface area contributed by atoms with Gasteiger partial charge in [-0.05, 0) is 68.1 Å². The van der Waals surface area contributed by atoms with Crippen molar-refractivity contribution in [3.05, 3.63) is 53.9 Å². The van der Waals surface area contributed by atoms with Gasteiger partial charge in [-0.25, -0.2) is 0 Å². The molecule has 0 amide bonds. The van der Waals surface area contributed by atoms with E-state index < -0.39 is 5.41 Å². The van der Waals surface area contributed by atoms with Gasteiger partial charge < -0.3 is 15.0 Å². The molecular weight excluding hydrogens is 382 g/mol. The predicted molar refractivity (Wildman–Crippen MR) is 117 cm³/mol. The van der Waals surface area contributed by atoms with E-state index in [9.17, 15) is 4.79 Å². The van der Waals surface area contributed by atoms with Crippen molar-refractivity contribution in [3.8, 4) is 0 Å². The van der Waals surface area contributed by atoms with E-state index in [0.717, 1.165) is 51.2 Å². The summed E-state index contributed by atoms with van der Waals surface area (Å²) in [6, 6.07) is 10.8. The van der Waals surface area contributed by atoms with E-state index in [-0.39, 0.29) is 5.97 Å². The number of aromatic nitrogens is 1. The van der Waals surface area contributed by atoms with Gasteiger partial charge in [0, 0.05) is 48.4 Å². The van der Waals surface area contributed by atoms with Crippen molar-refractivity contribution in [1.29, 1.82) is 0 Å². The number of nitrogens with zero attached hydrogens (tertiary/aromatic N) is 2. The van der Waals surface area contributed by atoms with Crippen molar-refractivity contribution in [2.45, 2.75) is 37.6 Å². The van der Waals surface area contributed by atoms with Gasteiger partial charge in [0.05, 0.1) is 12.0 Å². The van der Waals surface area contributed by atoms with Crippen molar-refractivity contribution >= 4 is 23.4 Å². The van der Waals surface area contributed by atoms with Crippen molar-refractivity contribution < 1.29 is 9.53 Å². The highest BCUT2D eigenvalue weighted by molar-refractivity contribution is 7.99. The van der Waals surface area contributed by atoms with Crippen LogP contribution in [0.15, 0.2) is 47.6 Å². The number of rotatable bonds is 6. The van der Waals surface area contributed by atoms with Crippen LogP contribution in [0.5, 0.6) is 0 Å². The molecule has 0 radical (unpaired) electrons. The summed E-state index contributed by atoms with van der Waals surface area (Å²) in [5.74, 6) is 0.726. The molecule has 3 heterocycles. The van der Waals surface area contributed by atoms with Crippen molar-refractivity contribution in [2.24, 2.45) is 5.41 Å². The molecule has 2 aliphatic rings. The Labute approximate surface area is 177 Å². The molecule has 0 aliphatic carbocycles. The normalized spacial score (nSPS) is 18.2. The summed E-state index contributed by atoms with van der Waals surface area (Å²) in [5, 5.41) is 3.44. The molecule has 0 bridgehead atoms. The minimum absolute atomic E-state index is 0.0403. The number of fused-ring (bicyclic) bond motifs is 1. The Hall–Kier alpha value is -2.05. The van der Waals surface area contributed by atoms with Gasteiger partial charge in [-0.3, -0.25) is 9.78 Å². The third-order valence-electron chi connectivity index (χ3n) is 6.04. The third-order valence-corrected chi connectivity index (χ3v) is 7.32. The highest BCUT2D eigenvalue weighted by atomic mass is 32.2. The molecule has 154 valence electrons. The SMILES string of the molecule is CCOC(=O)C1(CSc2ccc3c(c2)CNCC3)CCN(c2ccncc2)CC1. The first-order valence-corrected chi connectivity index (χ1v) is 11.5. The topological polar surface area (TPSA) is 54.5 Å². The summed E-state index contributed by atoms with van der Waals surface area (Å²) < 4.78 is 5.51. The number of carbonyl (C=O) groups excluding carboxylic acids is 1. The largest absolute Gasteiger partial charge is 0.466 e. The molecular formula is C23H29N3O2S. The minimum Gasteiger partial charge on any atom is -0.466 e. The predicted octanol–water partition coefficient (Wildman–Crippen LogP) is 3.67. The fourth-order valence-electron chi connectivity index (χ4n) is 4.21. The monoisotopic (exact) mass is 411 g/mol. The molecule has 29 heavy (non-hydrogen) atoms. The molecule has 6 heteroatoms. The molecule has 0 spiro atoms. The van der Waals surface area contributed by atoms with Gasteiger partial charge in [0.1, 0.15) is 0 Å². The molecule has 4 rings (SSSR count). The van der Waals surface area contributed by atoms with E-state index in [0.29, 0.717) is 6.61 Å². The van der Waals surface area contributed by atoms with Crippen LogP contribution in [0.4, 0.5) is 5.69 Å². The van der Waals surface area contributed by atoms with Crippen LogP contribution in [0.1, 0.15) is 30.9 Å². The molecule has 1 saturated heterocycles. The Morgan fingerprint density at radius 1 is 1.21 bits per heavy atom. The molecule has 1 aromatic heterocycles. The lowest BCUT2D eigenvalue weighted by Gasteiger charge is -2.40. The van der Waals surface area contributed by atoms with Crippen LogP contribution in [-0.2, 0) is 22.5 Å². The van der Waals surface area contributed by atoms with Gasteiger partial charge in [-0.1, -0.05) is 6.07 Å². The standard InChI is InChI=1S/C23H29N3O2S/c1-2-28-22(27)23(8-13-26(14-9-23)20-6-11-24-12-7-20)17-29-21-4-3-18-5-10-25-16-19(18)15-21/h3-4,6-7,11-12,15,25H,2,5,8-10,13-14,16-17H2,1H3. The molecule has 0 atom stereocenters. The Morgan fingerprint density at radius 3 is 2.76 bits per heavy atom. The Bertz CT molecular complexity index is 835. The first-order valence-electron chi connectivity index (χ1n) is 10.5. The molecule has 0 unspecified atom stereocenters. The second kappa shape index (κ2) is 9.18. The van der Waals surface area contributed by atoms with Crippen LogP contribution < -0.4 is 10.2 Å². The smallest absolute Gasteiger partial charge is 0.313 e. The van der Waals surface area contributed by atoms with Crippen molar-refractivity contribution in [2.75, 3.05) is 36.9 Å². The average molecular weight is 412 g/mol. The quantitative estimate of drug-likeness (QED) is 0.578. The Morgan fingerprint density at radius 2 is 2.00 bits per heavy atom. The molecule has 1 fully saturated rings. The Balaban J connectivity index is 1.45. The zero-order valence-corrected chi connectivity index (χ0v) is 17.8. The third kappa shape index (κ3) is 4.59. The lowest BCUT2D eigenvalue weighted by atomic mass is 9.80. The molecule has 2 aliphatic heterocycles. The number of hydrogen-bond acceptors (Lipinski definition) is 6. The first-order chi connectivity index (χ1) is 14.2. The average Bonchev–Trinajstić information content (AvgIpc) is 2.78. The second-order valence-electron chi connectivity index (χ2n) is 7.84. The van der Waals surface area contributed by atoms with Crippen LogP contribution in [-0.4, -0.2) is 42.9 Å². The van der Waals surface area contributed by atoms with E-state index >= 15 is 0 Å². The van der Waals surface area contributed by atoms with Gasteiger partial charge in [-0.2, -0.15) is 0 Å². The van der Waals surface area contributed by atoms with Gasteiger partial charge in [0.15, 0.2) is 0 Å². The molecule has 0 saturated carbocycles. The summed E-state index contributed by atoms with van der Waals surface area (Å²) in [6.45, 7) is 6.03. The van der Waals surface area contributed by atoms with Gasteiger partial charge in [-0.15, -0.1) is 11.8 Å². The minimum atomic E-state index is -0.418. The van der Waals surface area contributed by atoms with E-state index in [1.165, 1.54) is 21.7 Å². The number of esters is 1. The number of carbonyl (C=O) groups is 1. The Kier molecular flexibility index (Phi) is 6.40. The number of pyridine rings is 1. The first kappa shape index (κ1) is 20.2. The molecule has 1 N–H and O–H groups in total. The van der Waals surface area contributed by atoms with Gasteiger partial charge in [0.2, 0.25) is 0 Å². The number of hydrogen-bond donors (Lipinski definition) is 1. The maximum atomic E-state index is 12.9. The van der Waals surface area contributed by atoms with Crippen LogP contribution in [0.2, 0.25) is 0 Å². The van der Waals surface area contributed by atoms with E-state index in [2.05, 4.69) is 33.4 Å². The summed E-state index contributed by atoms with van der Waals surface area (Å²) in [5.41, 5.74) is 3.59. The van der Waals surface area contributed by atoms with E-state index in [4.69, 9.17) is 4.74 Å². The maximum absolute atomic E-state index is 12.9. The van der Waals surface area contributed by atoms with Crippen LogP contribution >= 0.6 is 11.8 Å². The maximum Gasteiger partial charge on any atom is 0.313 e. The fraction of sp³-hybridized carbons (Fsp3) is 0.478. The number of thioether (sulfide) groups is 1. The number of ether oxygens (including phenoxy) is 1. The molecule has 2 aromatic rings. The highest BCUT2D eigenvalue weighted by Gasteiger charge is 2.42. The number of nitrogens with one attached hydrogen (secondary N) is 1. The zero-order chi connectivity index (χ0) is 20.1. The zero-order valence-electron chi connectivity index (χ0n) is 17.0. The second-order valence-corrected chi connectivity index (χ2v) is 8.89. The molecule has 1 aromatic carbocycles. The lowest BCUT2D eigenvalue weighted by Crippen LogP contribution is -2.46. The molecule has 5 nitrogen and oxygen atoms in total. The summed E-state index contributed by atoms with van der Waals surface area (Å²) in [6.07, 6.45) is 6.37. The number of anilines is 1. The highest BCUT2D eigenvalue weighted by Crippen LogP contribution is 2.40. The van der Waals surface area contributed by atoms with Crippen LogP contribution in [0, 0.1) is 5.41 Å². The van der Waals surface area contributed by atoms with Gasteiger partial charge in [0.25, 0.3) is 0 Å². The van der Waals surface area contributed by atoms with Crippen molar-refractivity contribution in [1.82, 2.24) is 10.3 Å². The fourth-order valence-corrected chi connectivity index (χ4v) is 5.45. The van der Waals surface area contributed by atoms with Crippen LogP contribution in [0.3, 0.4) is 0 Å². The van der Waals surface area contributed by atoms with E-state index in [1.807, 2.05) is 31.5 Å². The van der Waals surface area contributed by atoms with Crippen molar-refractivity contribution in [3.63, 3.8) is 0 Å². The lowest BCUT2D eigenvalue weighted by molar-refractivity contribution is -0.155. The van der Waals surface area contributed by atoms with Gasteiger partial charge >= 0.3 is 5.97 Å². The van der Waals surface area contributed by atoms with E-state index in [1.54, 1.807) is 11.8 Å². The summed E-state index contributed by atoms with van der Waals surface area (Å²) >= 11 is 1.79. The summed E-state index contributed by atoms with van der Waals surface area (Å²) in [7, 11) is 0. The van der Waals surface area contributed by atoms with Crippen LogP contribution in [0.25, 0.3) is 0 Å². The number of piperidine rings is 1. The number of benzene rings is 1. The summed E-state index contributed by atoms with van der Waals surface area (Å²) in [4.78, 5) is 20.6.